The van der Waals surface area contributed by atoms with Crippen molar-refractivity contribution in [1.29, 1.82) is 0 Å². The molecule has 6 nitrogen and oxygen atoms in total. The maximum Gasteiger partial charge on any atom is 0.244 e. The fourth-order valence-electron chi connectivity index (χ4n) is 2.71. The molecule has 0 aliphatic rings. The number of methoxy groups -OCH3 is 1. The fraction of sp³-hybridized carbons (Fsp3) is 0.333. The monoisotopic (exact) mass is 421 g/mol. The van der Waals surface area contributed by atoms with Crippen LogP contribution in [0.3, 0.4) is 0 Å². The zero-order valence-corrected chi connectivity index (χ0v) is 17.5. The third kappa shape index (κ3) is 6.73. The van der Waals surface area contributed by atoms with Crippen molar-refractivity contribution in [1.82, 2.24) is 9.80 Å². The summed E-state index contributed by atoms with van der Waals surface area (Å²) in [6.07, 6.45) is 0. The smallest absolute Gasteiger partial charge is 0.244 e. The number of benzene rings is 2. The van der Waals surface area contributed by atoms with E-state index < -0.39 is 5.82 Å². The van der Waals surface area contributed by atoms with Gasteiger partial charge in [0.1, 0.15) is 0 Å². The van der Waals surface area contributed by atoms with Crippen molar-refractivity contribution in [2.75, 3.05) is 39.1 Å². The summed E-state index contributed by atoms with van der Waals surface area (Å²) in [6.45, 7) is 2.93. The molecule has 0 unspecified atom stereocenters. The van der Waals surface area contributed by atoms with Crippen molar-refractivity contribution in [2.45, 2.75) is 13.5 Å². The van der Waals surface area contributed by atoms with Gasteiger partial charge in [-0.05, 0) is 36.4 Å². The average Bonchev–Trinajstić information content (AvgIpc) is 2.69. The number of amides is 2. The van der Waals surface area contributed by atoms with E-state index in [-0.39, 0.29) is 30.7 Å². The lowest BCUT2D eigenvalue weighted by atomic mass is 10.2. The number of carbonyl (C=O) groups is 2. The van der Waals surface area contributed by atoms with E-state index in [1.54, 1.807) is 43.4 Å². The highest BCUT2D eigenvalue weighted by molar-refractivity contribution is 6.33. The molecule has 0 aliphatic carbocycles. The van der Waals surface area contributed by atoms with E-state index in [0.717, 1.165) is 5.56 Å². The van der Waals surface area contributed by atoms with Gasteiger partial charge in [0.25, 0.3) is 0 Å². The van der Waals surface area contributed by atoms with Gasteiger partial charge < -0.3 is 15.0 Å². The number of nitrogens with zero attached hydrogens (tertiary/aromatic N) is 2. The first-order valence-electron chi connectivity index (χ1n) is 9.17. The highest BCUT2D eigenvalue weighted by atomic mass is 35.5. The second-order valence-corrected chi connectivity index (χ2v) is 6.96. The van der Waals surface area contributed by atoms with Crippen molar-refractivity contribution in [3.05, 3.63) is 58.9 Å². The van der Waals surface area contributed by atoms with Crippen LogP contribution in [0.4, 0.5) is 10.1 Å². The molecular formula is C21H25ClFN3O3. The molecule has 0 bridgehead atoms. The van der Waals surface area contributed by atoms with Crippen molar-refractivity contribution >= 4 is 29.1 Å². The number of likely N-dealkylation sites (N-methyl/N-ethyl adjacent to an activating group) is 2. The number of ether oxygens (including phenoxy) is 1. The van der Waals surface area contributed by atoms with Crippen molar-refractivity contribution in [3.63, 3.8) is 0 Å². The van der Waals surface area contributed by atoms with E-state index in [9.17, 15) is 14.0 Å². The summed E-state index contributed by atoms with van der Waals surface area (Å²) in [5.74, 6) is -0.817. The molecule has 0 heterocycles. The Hall–Kier alpha value is -2.64. The van der Waals surface area contributed by atoms with Gasteiger partial charge in [-0.1, -0.05) is 36.7 Å². The van der Waals surface area contributed by atoms with E-state index in [0.29, 0.717) is 23.8 Å². The van der Waals surface area contributed by atoms with Gasteiger partial charge >= 0.3 is 0 Å². The Kier molecular flexibility index (Phi) is 8.42. The predicted molar refractivity (Wildman–Crippen MR) is 112 cm³/mol. The minimum atomic E-state index is -0.444. The molecule has 8 heteroatoms. The highest BCUT2D eigenvalue weighted by Gasteiger charge is 2.17. The normalized spacial score (nSPS) is 10.7. The molecule has 2 aromatic carbocycles. The largest absolute Gasteiger partial charge is 0.494 e. The molecule has 0 saturated heterocycles. The van der Waals surface area contributed by atoms with E-state index in [2.05, 4.69) is 5.32 Å². The zero-order chi connectivity index (χ0) is 21.4. The Labute approximate surface area is 175 Å². The summed E-state index contributed by atoms with van der Waals surface area (Å²) in [5.41, 5.74) is 1.23. The van der Waals surface area contributed by atoms with Crippen LogP contribution in [-0.2, 0) is 16.1 Å². The fourth-order valence-corrected chi connectivity index (χ4v) is 2.90. The molecule has 2 rings (SSSR count). The van der Waals surface area contributed by atoms with Crippen molar-refractivity contribution < 1.29 is 18.7 Å². The van der Waals surface area contributed by atoms with Gasteiger partial charge in [0, 0.05) is 13.6 Å². The topological polar surface area (TPSA) is 61.9 Å². The number of hydrogen-bond donors (Lipinski definition) is 1. The molecule has 0 fully saturated rings. The summed E-state index contributed by atoms with van der Waals surface area (Å²) < 4.78 is 18.8. The van der Waals surface area contributed by atoms with Gasteiger partial charge in [-0.15, -0.1) is 0 Å². The minimum absolute atomic E-state index is 0.0984. The first-order chi connectivity index (χ1) is 13.8. The van der Waals surface area contributed by atoms with E-state index >= 15 is 0 Å². The lowest BCUT2D eigenvalue weighted by Crippen LogP contribution is -2.41. The van der Waals surface area contributed by atoms with Crippen LogP contribution < -0.4 is 10.1 Å². The number of hydrogen-bond acceptors (Lipinski definition) is 4. The van der Waals surface area contributed by atoms with Crippen molar-refractivity contribution in [2.24, 2.45) is 0 Å². The van der Waals surface area contributed by atoms with Crippen LogP contribution in [0.5, 0.6) is 5.75 Å². The average molecular weight is 422 g/mol. The van der Waals surface area contributed by atoms with E-state index in [4.69, 9.17) is 16.3 Å². The van der Waals surface area contributed by atoms with Crippen LogP contribution in [0.25, 0.3) is 0 Å². The highest BCUT2D eigenvalue weighted by Crippen LogP contribution is 2.20. The van der Waals surface area contributed by atoms with Gasteiger partial charge in [0.2, 0.25) is 11.8 Å². The van der Waals surface area contributed by atoms with E-state index in [1.165, 1.54) is 18.1 Å². The van der Waals surface area contributed by atoms with Gasteiger partial charge in [0.05, 0.1) is 30.9 Å². The Morgan fingerprint density at radius 3 is 2.52 bits per heavy atom. The second kappa shape index (κ2) is 10.8. The van der Waals surface area contributed by atoms with Gasteiger partial charge in [-0.3, -0.25) is 14.5 Å². The molecule has 0 spiro atoms. The first-order valence-corrected chi connectivity index (χ1v) is 9.55. The lowest BCUT2D eigenvalue weighted by molar-refractivity contribution is -0.134. The van der Waals surface area contributed by atoms with Crippen LogP contribution in [0.1, 0.15) is 12.5 Å². The van der Waals surface area contributed by atoms with Crippen LogP contribution >= 0.6 is 11.6 Å². The number of nitrogens with one attached hydrogen (secondary N) is 1. The van der Waals surface area contributed by atoms with Crippen LogP contribution in [0.2, 0.25) is 5.02 Å². The standard InChI is InChI=1S/C21H25ClFN3O3/c1-4-26(12-15-9-10-19(29-3)17(23)11-15)14-21(28)25(2)13-20(27)24-18-8-6-5-7-16(18)22/h5-11H,4,12-14H2,1-3H3,(H,24,27). The van der Waals surface area contributed by atoms with Crippen LogP contribution in [-0.4, -0.2) is 55.4 Å². The molecule has 0 radical (unpaired) electrons. The molecule has 156 valence electrons. The first kappa shape index (κ1) is 22.6. The zero-order valence-electron chi connectivity index (χ0n) is 16.7. The van der Waals surface area contributed by atoms with Crippen LogP contribution in [0.15, 0.2) is 42.5 Å². The summed E-state index contributed by atoms with van der Waals surface area (Å²) >= 11 is 6.03. The molecular weight excluding hydrogens is 397 g/mol. The Morgan fingerprint density at radius 1 is 1.17 bits per heavy atom. The molecule has 2 amide bonds. The number of para-hydroxylation sites is 1. The molecule has 2 aromatic rings. The number of anilines is 1. The SMILES string of the molecule is CCN(CC(=O)N(C)CC(=O)Nc1ccccc1Cl)Cc1ccc(OC)c(F)c1. The maximum absolute atomic E-state index is 13.9. The third-order valence-corrected chi connectivity index (χ3v) is 4.71. The Bertz CT molecular complexity index is 863. The summed E-state index contributed by atoms with van der Waals surface area (Å²) in [5, 5.41) is 3.12. The molecule has 0 aromatic heterocycles. The summed E-state index contributed by atoms with van der Waals surface area (Å²) in [7, 11) is 2.97. The number of carbonyl (C=O) groups excluding carboxylic acids is 2. The third-order valence-electron chi connectivity index (χ3n) is 4.38. The van der Waals surface area contributed by atoms with Gasteiger partial charge in [-0.2, -0.15) is 0 Å². The summed E-state index contributed by atoms with van der Waals surface area (Å²) in [6, 6.07) is 11.6. The number of halogens is 2. The molecule has 0 aliphatic heterocycles. The molecule has 0 saturated carbocycles. The molecule has 1 N–H and O–H groups in total. The maximum atomic E-state index is 13.9. The van der Waals surface area contributed by atoms with Crippen LogP contribution in [0, 0.1) is 5.82 Å². The Balaban J connectivity index is 1.90. The van der Waals surface area contributed by atoms with Crippen molar-refractivity contribution in [3.8, 4) is 5.75 Å². The van der Waals surface area contributed by atoms with Gasteiger partial charge in [0.15, 0.2) is 11.6 Å². The molecule has 0 atom stereocenters. The predicted octanol–water partition coefficient (Wildman–Crippen LogP) is 3.41. The number of rotatable bonds is 9. The minimum Gasteiger partial charge on any atom is -0.494 e. The second-order valence-electron chi connectivity index (χ2n) is 6.55. The Morgan fingerprint density at radius 2 is 1.90 bits per heavy atom. The molecule has 29 heavy (non-hydrogen) atoms. The summed E-state index contributed by atoms with van der Waals surface area (Å²) in [4.78, 5) is 27.9. The quantitative estimate of drug-likeness (QED) is 0.674. The lowest BCUT2D eigenvalue weighted by Gasteiger charge is -2.24. The van der Waals surface area contributed by atoms with E-state index in [1.807, 2.05) is 11.8 Å². The van der Waals surface area contributed by atoms with Gasteiger partial charge in [-0.25, -0.2) is 4.39 Å².